The van der Waals surface area contributed by atoms with Crippen molar-refractivity contribution >= 4 is 16.8 Å². The predicted octanol–water partition coefficient (Wildman–Crippen LogP) is 3.42. The molecule has 0 amide bonds. The zero-order chi connectivity index (χ0) is 20.5. The molecule has 1 saturated heterocycles. The molecule has 5 nitrogen and oxygen atoms in total. The second-order valence-corrected chi connectivity index (χ2v) is 10.3. The molecule has 3 unspecified atom stereocenters. The summed E-state index contributed by atoms with van der Waals surface area (Å²) in [6, 6.07) is 9.11. The Morgan fingerprint density at radius 3 is 2.62 bits per heavy atom. The highest BCUT2D eigenvalue weighted by molar-refractivity contribution is 7.85. The fourth-order valence-electron chi connectivity index (χ4n) is 4.56. The molecule has 1 saturated carbocycles. The van der Waals surface area contributed by atoms with Crippen LogP contribution in [0, 0.1) is 0 Å². The summed E-state index contributed by atoms with van der Waals surface area (Å²) in [6.07, 6.45) is 8.36. The largest absolute Gasteiger partial charge is 0.354 e. The van der Waals surface area contributed by atoms with Crippen molar-refractivity contribution in [2.45, 2.75) is 76.3 Å². The van der Waals surface area contributed by atoms with Gasteiger partial charge in [0.25, 0.3) is 0 Å². The molecule has 0 spiro atoms. The van der Waals surface area contributed by atoms with Gasteiger partial charge in [0.2, 0.25) is 0 Å². The summed E-state index contributed by atoms with van der Waals surface area (Å²) in [7, 11) is 1.14. The van der Waals surface area contributed by atoms with Gasteiger partial charge in [-0.1, -0.05) is 44.0 Å². The van der Waals surface area contributed by atoms with Crippen molar-refractivity contribution in [2.75, 3.05) is 25.9 Å². The summed E-state index contributed by atoms with van der Waals surface area (Å²) in [5, 5.41) is 7.42. The number of aliphatic imine (C=N–C) groups is 1. The molecule has 3 rings (SSSR count). The molecule has 3 atom stereocenters. The topological polar surface area (TPSA) is 56.7 Å². The predicted molar refractivity (Wildman–Crippen MR) is 124 cm³/mol. The first-order valence-corrected chi connectivity index (χ1v) is 12.7. The normalized spacial score (nSPS) is 24.8. The maximum Gasteiger partial charge on any atom is 0.191 e. The summed E-state index contributed by atoms with van der Waals surface area (Å²) in [4.78, 5) is 7.02. The fourth-order valence-corrected chi connectivity index (χ4v) is 5.91. The van der Waals surface area contributed by atoms with Crippen molar-refractivity contribution in [2.24, 2.45) is 4.99 Å². The van der Waals surface area contributed by atoms with E-state index in [0.29, 0.717) is 11.3 Å². The highest BCUT2D eigenvalue weighted by atomic mass is 32.2. The molecule has 0 radical (unpaired) electrons. The Morgan fingerprint density at radius 2 is 1.90 bits per heavy atom. The number of piperidine rings is 1. The van der Waals surface area contributed by atoms with Crippen LogP contribution in [0.5, 0.6) is 0 Å². The van der Waals surface area contributed by atoms with Crippen LogP contribution in [0.15, 0.2) is 29.3 Å². The molecule has 2 N–H and O–H groups in total. The lowest BCUT2D eigenvalue weighted by atomic mass is 9.95. The van der Waals surface area contributed by atoms with E-state index in [9.17, 15) is 4.21 Å². The fraction of sp³-hybridized carbons (Fsp3) is 0.696. The highest BCUT2D eigenvalue weighted by Gasteiger charge is 2.26. The maximum absolute atomic E-state index is 12.2. The van der Waals surface area contributed by atoms with Gasteiger partial charge >= 0.3 is 0 Å². The van der Waals surface area contributed by atoms with E-state index < -0.39 is 10.8 Å². The molecule has 1 heterocycles. The van der Waals surface area contributed by atoms with E-state index in [0.717, 1.165) is 50.5 Å². The molecule has 0 aromatic heterocycles. The third kappa shape index (κ3) is 6.82. The van der Waals surface area contributed by atoms with Crippen LogP contribution in [0.25, 0.3) is 0 Å². The molecular weight excluding hydrogens is 380 g/mol. The Labute approximate surface area is 179 Å². The average Bonchev–Trinajstić information content (AvgIpc) is 2.78. The van der Waals surface area contributed by atoms with Crippen molar-refractivity contribution in [3.8, 4) is 0 Å². The Kier molecular flexibility index (Phi) is 8.99. The van der Waals surface area contributed by atoms with Gasteiger partial charge in [-0.05, 0) is 56.3 Å². The molecule has 1 aliphatic carbocycles. The number of hydrogen-bond donors (Lipinski definition) is 2. The molecule has 1 aromatic rings. The van der Waals surface area contributed by atoms with Crippen molar-refractivity contribution in [1.29, 1.82) is 0 Å². The lowest BCUT2D eigenvalue weighted by Gasteiger charge is -2.30. The standard InChI is InChI=1S/C23H38N4OS/c1-3-29(28)22-13-9-12-21(16-22)26-23(24-2)25-17-19-10-5-6-11-20(19)18-27-14-7-4-8-15-27/h5-6,10-11,21-22H,3-4,7-9,12-18H2,1-2H3,(H2,24,25,26). The van der Waals surface area contributed by atoms with E-state index in [2.05, 4.69) is 44.8 Å². The van der Waals surface area contributed by atoms with E-state index >= 15 is 0 Å². The second-order valence-electron chi connectivity index (χ2n) is 8.33. The molecule has 6 heteroatoms. The molecule has 162 valence electrons. The van der Waals surface area contributed by atoms with Gasteiger partial charge in [-0.2, -0.15) is 0 Å². The summed E-state index contributed by atoms with van der Waals surface area (Å²) in [5.41, 5.74) is 2.75. The first kappa shape index (κ1) is 22.3. The van der Waals surface area contributed by atoms with Crippen LogP contribution < -0.4 is 10.6 Å². The summed E-state index contributed by atoms with van der Waals surface area (Å²) < 4.78 is 12.2. The second kappa shape index (κ2) is 11.7. The Balaban J connectivity index is 1.53. The van der Waals surface area contributed by atoms with Crippen LogP contribution in [0.4, 0.5) is 0 Å². The van der Waals surface area contributed by atoms with Crippen molar-refractivity contribution in [3.63, 3.8) is 0 Å². The minimum atomic E-state index is -0.696. The van der Waals surface area contributed by atoms with Crippen LogP contribution in [0.2, 0.25) is 0 Å². The van der Waals surface area contributed by atoms with Gasteiger partial charge in [0, 0.05) is 48.0 Å². The quantitative estimate of drug-likeness (QED) is 0.526. The number of nitrogens with zero attached hydrogens (tertiary/aromatic N) is 2. The van der Waals surface area contributed by atoms with Crippen molar-refractivity contribution < 1.29 is 4.21 Å². The summed E-state index contributed by atoms with van der Waals surface area (Å²) in [6.45, 7) is 6.27. The van der Waals surface area contributed by atoms with Gasteiger partial charge in [-0.25, -0.2) is 0 Å². The number of likely N-dealkylation sites (tertiary alicyclic amines) is 1. The van der Waals surface area contributed by atoms with Crippen LogP contribution in [0.3, 0.4) is 0 Å². The minimum Gasteiger partial charge on any atom is -0.354 e. The maximum atomic E-state index is 12.2. The highest BCUT2D eigenvalue weighted by Crippen LogP contribution is 2.23. The Bertz CT molecular complexity index is 687. The molecule has 2 aliphatic rings. The van der Waals surface area contributed by atoms with E-state index in [1.807, 2.05) is 14.0 Å². The number of rotatable bonds is 7. The van der Waals surface area contributed by atoms with Gasteiger partial charge in [0.15, 0.2) is 5.96 Å². The van der Waals surface area contributed by atoms with Crippen molar-refractivity contribution in [1.82, 2.24) is 15.5 Å². The molecule has 2 fully saturated rings. The van der Waals surface area contributed by atoms with Gasteiger partial charge in [0.1, 0.15) is 0 Å². The molecule has 29 heavy (non-hydrogen) atoms. The van der Waals surface area contributed by atoms with E-state index in [1.54, 1.807) is 0 Å². The van der Waals surface area contributed by atoms with Gasteiger partial charge in [-0.15, -0.1) is 0 Å². The molecule has 1 aliphatic heterocycles. The first-order valence-electron chi connectivity index (χ1n) is 11.3. The molecule has 0 bridgehead atoms. The molecule has 1 aromatic carbocycles. The van der Waals surface area contributed by atoms with Gasteiger partial charge < -0.3 is 10.6 Å². The van der Waals surface area contributed by atoms with Crippen LogP contribution >= 0.6 is 0 Å². The van der Waals surface area contributed by atoms with E-state index in [-0.39, 0.29) is 0 Å². The zero-order valence-electron chi connectivity index (χ0n) is 18.2. The van der Waals surface area contributed by atoms with Gasteiger partial charge in [0.05, 0.1) is 0 Å². The third-order valence-corrected chi connectivity index (χ3v) is 7.99. The first-order chi connectivity index (χ1) is 14.2. The van der Waals surface area contributed by atoms with Gasteiger partial charge in [-0.3, -0.25) is 14.1 Å². The SMILES string of the molecule is CCS(=O)C1CCCC(NC(=NC)NCc2ccccc2CN2CCCCC2)C1. The zero-order valence-corrected chi connectivity index (χ0v) is 19.0. The van der Waals surface area contributed by atoms with Crippen LogP contribution in [-0.2, 0) is 23.9 Å². The Morgan fingerprint density at radius 1 is 1.14 bits per heavy atom. The smallest absolute Gasteiger partial charge is 0.191 e. The number of nitrogens with one attached hydrogen (secondary N) is 2. The van der Waals surface area contributed by atoms with E-state index in [4.69, 9.17) is 0 Å². The lowest BCUT2D eigenvalue weighted by molar-refractivity contribution is 0.220. The minimum absolute atomic E-state index is 0.328. The summed E-state index contributed by atoms with van der Waals surface area (Å²) in [5.74, 6) is 1.61. The lowest BCUT2D eigenvalue weighted by Crippen LogP contribution is -2.46. The van der Waals surface area contributed by atoms with E-state index in [1.165, 1.54) is 43.5 Å². The summed E-state index contributed by atoms with van der Waals surface area (Å²) >= 11 is 0. The number of hydrogen-bond acceptors (Lipinski definition) is 3. The van der Waals surface area contributed by atoms with Crippen molar-refractivity contribution in [3.05, 3.63) is 35.4 Å². The monoisotopic (exact) mass is 418 g/mol. The Hall–Kier alpha value is -1.40. The number of guanidine groups is 1. The van der Waals surface area contributed by atoms with Crippen LogP contribution in [0.1, 0.15) is 63.0 Å². The van der Waals surface area contributed by atoms with Crippen LogP contribution in [-0.4, -0.2) is 52.3 Å². The molecular formula is C23H38N4OS. The number of benzene rings is 1. The third-order valence-electron chi connectivity index (χ3n) is 6.25. The average molecular weight is 419 g/mol.